The minimum atomic E-state index is -1.93. The normalized spacial score (nSPS) is 17.0. The molecule has 0 aliphatic carbocycles. The number of benzene rings is 2. The van der Waals surface area contributed by atoms with Gasteiger partial charge in [0.1, 0.15) is 102 Å². The van der Waals surface area contributed by atoms with E-state index in [0.717, 1.165) is 13.8 Å². The molecule has 46 heteroatoms. The minimum absolute atomic E-state index is 0.00371. The van der Waals surface area contributed by atoms with Crippen molar-refractivity contribution >= 4 is 120 Å². The molecule has 20 atom stereocenters. The monoisotopic (exact) mass is 1830 g/mol. The molecule has 1 fully saturated rings. The second-order valence-corrected chi connectivity index (χ2v) is 32.4. The van der Waals surface area contributed by atoms with E-state index >= 15 is 0 Å². The summed E-state index contributed by atoms with van der Waals surface area (Å²) in [5, 5.41) is 107. The van der Waals surface area contributed by atoms with Gasteiger partial charge in [0, 0.05) is 42.8 Å². The van der Waals surface area contributed by atoms with Gasteiger partial charge in [-0.2, -0.15) is 25.3 Å². The smallest absolute Gasteiger partial charge is 0.246 e. The van der Waals surface area contributed by atoms with Gasteiger partial charge in [0.15, 0.2) is 0 Å². The molecular weight excluding hydrogens is 1700 g/mol. The number of aliphatic hydroxyl groups is 5. The number of nitrogens with zero attached hydrogens (tertiary/aromatic N) is 2. The zero-order chi connectivity index (χ0) is 95.1. The Balaban J connectivity index is 1.46. The lowest BCUT2D eigenvalue weighted by Crippen LogP contribution is -2.64. The number of unbranched alkanes of at least 4 members (excludes halogenated alkanes) is 2. The Bertz CT molecular complexity index is 4120. The number of imidazole rings is 1. The fourth-order valence-electron chi connectivity index (χ4n) is 13.3. The molecule has 3 aromatic rings. The maximum atomic E-state index is 14.9. The molecule has 0 spiro atoms. The largest absolute Gasteiger partial charge is 0.508 e. The number of hydrogen-bond acceptors (Lipinski definition) is 29. The number of nitrogens with one attached hydrogen (secondary N) is 15. The van der Waals surface area contributed by atoms with Crippen LogP contribution in [0.25, 0.3) is 0 Å². The Hall–Kier alpha value is -10.9. The summed E-state index contributed by atoms with van der Waals surface area (Å²) in [6.07, 6.45) is 0.326. The van der Waals surface area contributed by atoms with Crippen molar-refractivity contribution in [2.75, 3.05) is 51.0 Å². The summed E-state index contributed by atoms with van der Waals surface area (Å²) in [6, 6.07) is -13.1. The third kappa shape index (κ3) is 34.7. The molecule has 1 aromatic heterocycles. The maximum Gasteiger partial charge on any atom is 0.246 e. The summed E-state index contributed by atoms with van der Waals surface area (Å²) in [5.41, 5.74) is 24.7. The predicted molar refractivity (Wildman–Crippen MR) is 467 cm³/mol. The highest BCUT2D eigenvalue weighted by Gasteiger charge is 2.44. The van der Waals surface area contributed by atoms with Gasteiger partial charge in [0.2, 0.25) is 94.5 Å². The summed E-state index contributed by atoms with van der Waals surface area (Å²) in [5.74, 6) is -18.7. The molecule has 1 aliphatic rings. The number of H-pyrrole nitrogens is 1. The Morgan fingerprint density at radius 3 is 1.26 bits per heavy atom. The number of phenolic OH excluding ortho intramolecular Hbond substituents is 2. The highest BCUT2D eigenvalue weighted by Crippen LogP contribution is 2.24. The van der Waals surface area contributed by atoms with Gasteiger partial charge >= 0.3 is 0 Å². The number of aromatic amines is 1. The lowest BCUT2D eigenvalue weighted by molar-refractivity contribution is -0.144. The Labute approximate surface area is 746 Å². The average molecular weight is 1830 g/mol. The van der Waals surface area contributed by atoms with E-state index in [0.29, 0.717) is 29.7 Å². The molecule has 1 saturated heterocycles. The number of carbonyl (C=O) groups is 16. The van der Waals surface area contributed by atoms with Crippen LogP contribution in [0.15, 0.2) is 61.1 Å². The van der Waals surface area contributed by atoms with Gasteiger partial charge in [-0.15, -0.1) is 0 Å². The number of rotatable bonds is 56. The number of carbonyl (C=O) groups excluding carboxylic acids is 16. The Morgan fingerprint density at radius 1 is 0.449 bits per heavy atom. The van der Waals surface area contributed by atoms with Crippen LogP contribution in [0, 0.1) is 17.8 Å². The zero-order valence-electron chi connectivity index (χ0n) is 72.5. The third-order valence-corrected chi connectivity index (χ3v) is 22.1. The molecule has 1 aliphatic heterocycles. The van der Waals surface area contributed by atoms with Gasteiger partial charge in [0.05, 0.1) is 44.4 Å². The second kappa shape index (κ2) is 55.0. The van der Waals surface area contributed by atoms with E-state index in [1.54, 1.807) is 53.7 Å². The van der Waals surface area contributed by atoms with E-state index < -0.39 is 241 Å². The number of aromatic nitrogens is 2. The molecule has 0 bridgehead atoms. The lowest BCUT2D eigenvalue weighted by atomic mass is 9.95. The molecule has 127 heavy (non-hydrogen) atoms. The third-order valence-electron chi connectivity index (χ3n) is 21.4. The molecule has 16 amide bonds. The number of aliphatic hydroxyl groups excluding tert-OH is 5. The number of hydrogen-bond donors (Lipinski definition) is 28. The first-order chi connectivity index (χ1) is 60.2. The molecular formula is C81H129N21O23S2. The summed E-state index contributed by atoms with van der Waals surface area (Å²) < 4.78 is 0. The molecule has 44 nitrogen and oxygen atoms in total. The van der Waals surface area contributed by atoms with Crippen LogP contribution in [0.2, 0.25) is 0 Å². The fraction of sp³-hybridized carbons (Fsp3) is 0.617. The first-order valence-corrected chi connectivity index (χ1v) is 43.4. The summed E-state index contributed by atoms with van der Waals surface area (Å²) >= 11 is 8.41. The van der Waals surface area contributed by atoms with Crippen LogP contribution >= 0.6 is 25.3 Å². The highest BCUT2D eigenvalue weighted by atomic mass is 32.1. The quantitative estimate of drug-likeness (QED) is 0.0184. The number of primary amides is 1. The topological polar surface area (TPSA) is 719 Å². The first kappa shape index (κ1) is 108. The molecule has 2 aromatic carbocycles. The number of amides is 16. The SMILES string of the molecule is CC[C@H](C)[C@H](NC(=O)[C@H](CO)NC(=O)[C@@H](NC(=O)[C@H](CCCCN)NC(=O)[C@@H](NC(=O)[C@@H](NC(=O)[C@H](CS)NC(=O)[C@@H](N)Cc1ccc(O)cc1)C(C)C)[C@@H](C)O)[C@@H](C)O)C(=O)N[C@@H](CCCCN)C(=O)N[C@H](C(=O)N1CCC[C@H]1C(=O)N[C@@H](CO)C(=O)N[C@@H](CO)C(=O)N[C@@H](Cc1cnc[nH]1)C(=O)N[C@@H](CS)C(=O)N[C@@H](Cc1ccc(O)cc1)C(N)=O)[C@@H](C)CC. The second-order valence-electron chi connectivity index (χ2n) is 31.7. The van der Waals surface area contributed by atoms with Crippen molar-refractivity contribution in [1.29, 1.82) is 0 Å². The number of nitrogens with two attached hydrogens (primary N) is 4. The molecule has 30 N–H and O–H groups in total. The average Bonchev–Trinajstić information content (AvgIpc) is 1.70. The van der Waals surface area contributed by atoms with Gasteiger partial charge in [0.25, 0.3) is 0 Å². The van der Waals surface area contributed by atoms with Crippen LogP contribution in [-0.4, -0.2) is 305 Å². The van der Waals surface area contributed by atoms with Crippen molar-refractivity contribution < 1.29 is 112 Å². The maximum absolute atomic E-state index is 14.9. The van der Waals surface area contributed by atoms with E-state index in [-0.39, 0.29) is 113 Å². The van der Waals surface area contributed by atoms with Gasteiger partial charge < -0.3 is 143 Å². The van der Waals surface area contributed by atoms with E-state index in [9.17, 15) is 112 Å². The van der Waals surface area contributed by atoms with Crippen LogP contribution < -0.4 is 97.4 Å². The van der Waals surface area contributed by atoms with E-state index in [2.05, 4.69) is 110 Å². The Kier molecular flexibility index (Phi) is 47.0. The number of phenols is 2. The standard InChI is InChI=1S/C81H129N21O23S2/c1-9-41(5)62(98-73(117)57(36-105)94-80(124)64(43(7)106)100-69(113)52(17-12-14-28-83)89-79(123)65(44(8)107)101-77(121)61(40(3)4)97-75(119)59(38-127)95-67(111)50(84)30-45-19-23-48(108)24-20-45)78(122)88-51(16-11-13-27-82)68(112)99-63(42(6)10-2)81(125)102-29-15-18-60(102)76(120)93-56(35-104)72(116)92-55(34-103)71(115)91-54(32-47-33-86-39-87-47)70(114)96-58(37-126)74(118)90-53(66(85)110)31-46-21-25-49(109)26-22-46/h19-26,33,39-44,50-65,103-109,126-127H,9-18,27-32,34-38,82-84H2,1-8H3,(H2,85,110)(H,86,87)(H,88,122)(H,89,123)(H,90,118)(H,91,115)(H,92,116)(H,93,120)(H,94,124)(H,95,111)(H,96,114)(H,97,119)(H,98,117)(H,99,112)(H,100,113)(H,101,121)/t41-,42-,43+,44+,50-,51-,52-,53-,54-,55-,56-,57-,58-,59-,60-,61-,62-,63-,64-,65-/m0/s1. The predicted octanol–water partition coefficient (Wildman–Crippen LogP) is -7.96. The number of likely N-dealkylation sites (tertiary alicyclic amines) is 1. The van der Waals surface area contributed by atoms with Crippen molar-refractivity contribution in [2.45, 2.75) is 248 Å². The summed E-state index contributed by atoms with van der Waals surface area (Å²) in [4.78, 5) is 232. The van der Waals surface area contributed by atoms with Crippen LogP contribution in [0.5, 0.6) is 11.5 Å². The van der Waals surface area contributed by atoms with Crippen molar-refractivity contribution in [3.8, 4) is 11.5 Å². The Morgan fingerprint density at radius 2 is 0.811 bits per heavy atom. The van der Waals surface area contributed by atoms with Gasteiger partial charge in [-0.05, 0) is 138 Å². The molecule has 708 valence electrons. The van der Waals surface area contributed by atoms with Gasteiger partial charge in [-0.25, -0.2) is 4.98 Å². The zero-order valence-corrected chi connectivity index (χ0v) is 74.3. The van der Waals surface area contributed by atoms with Crippen molar-refractivity contribution in [3.05, 3.63) is 77.9 Å². The first-order valence-electron chi connectivity index (χ1n) is 42.1. The van der Waals surface area contributed by atoms with Crippen LogP contribution in [0.4, 0.5) is 0 Å². The van der Waals surface area contributed by atoms with Crippen LogP contribution in [0.3, 0.4) is 0 Å². The van der Waals surface area contributed by atoms with E-state index in [1.165, 1.54) is 53.8 Å². The molecule has 4 rings (SSSR count). The number of aromatic hydroxyl groups is 2. The van der Waals surface area contributed by atoms with Crippen molar-refractivity contribution in [1.82, 2.24) is 89.3 Å². The van der Waals surface area contributed by atoms with E-state index in [4.69, 9.17) is 22.9 Å². The van der Waals surface area contributed by atoms with Crippen LogP contribution in [0.1, 0.15) is 136 Å². The minimum Gasteiger partial charge on any atom is -0.508 e. The van der Waals surface area contributed by atoms with Crippen molar-refractivity contribution in [3.63, 3.8) is 0 Å². The van der Waals surface area contributed by atoms with Crippen molar-refractivity contribution in [2.24, 2.45) is 40.7 Å². The number of thiol groups is 2. The summed E-state index contributed by atoms with van der Waals surface area (Å²) in [7, 11) is 0. The molecule has 2 heterocycles. The lowest BCUT2D eigenvalue weighted by Gasteiger charge is -2.33. The molecule has 0 radical (unpaired) electrons. The fourth-order valence-corrected chi connectivity index (χ4v) is 13.8. The molecule has 0 saturated carbocycles. The van der Waals surface area contributed by atoms with E-state index in [1.807, 2.05) is 0 Å². The van der Waals surface area contributed by atoms with Gasteiger partial charge in [-0.1, -0.05) is 78.6 Å². The van der Waals surface area contributed by atoms with Gasteiger partial charge in [-0.3, -0.25) is 76.7 Å². The molecule has 0 unspecified atom stereocenters. The van der Waals surface area contributed by atoms with Crippen LogP contribution in [-0.2, 0) is 96.0 Å². The summed E-state index contributed by atoms with van der Waals surface area (Å²) in [6.45, 7) is 8.87. The highest BCUT2D eigenvalue weighted by molar-refractivity contribution is 7.80.